The maximum absolute atomic E-state index is 12.5. The number of nitrogens with two attached hydrogens (primary N) is 1. The van der Waals surface area contributed by atoms with Crippen molar-refractivity contribution >= 4 is 5.91 Å². The van der Waals surface area contributed by atoms with Crippen molar-refractivity contribution in [2.75, 3.05) is 13.6 Å². The minimum atomic E-state index is -0.271. The van der Waals surface area contributed by atoms with Crippen molar-refractivity contribution in [2.45, 2.75) is 39.7 Å². The number of carbonyl (C=O) groups excluding carboxylic acids is 1. The molecule has 3 nitrogen and oxygen atoms in total. The predicted octanol–water partition coefficient (Wildman–Crippen LogP) is 2.39. The summed E-state index contributed by atoms with van der Waals surface area (Å²) >= 11 is 0. The van der Waals surface area contributed by atoms with Crippen molar-refractivity contribution in [3.63, 3.8) is 0 Å². The van der Waals surface area contributed by atoms with Gasteiger partial charge in [-0.05, 0) is 37.8 Å². The molecule has 1 aliphatic carbocycles. The van der Waals surface area contributed by atoms with Crippen molar-refractivity contribution in [3.05, 3.63) is 34.9 Å². The summed E-state index contributed by atoms with van der Waals surface area (Å²) in [5.74, 6) is 0.210. The molecule has 0 bridgehead atoms. The molecule has 3 heteroatoms. The van der Waals surface area contributed by atoms with Gasteiger partial charge in [0.2, 0.25) is 5.91 Å². The van der Waals surface area contributed by atoms with E-state index in [0.717, 1.165) is 19.3 Å². The minimum Gasteiger partial charge on any atom is -0.341 e. The number of hydrogen-bond acceptors (Lipinski definition) is 2. The van der Waals surface area contributed by atoms with Gasteiger partial charge in [-0.1, -0.05) is 30.2 Å². The lowest BCUT2D eigenvalue weighted by Gasteiger charge is -2.41. The van der Waals surface area contributed by atoms with Crippen molar-refractivity contribution in [3.8, 4) is 0 Å². The fourth-order valence-corrected chi connectivity index (χ4v) is 2.81. The first-order valence-electron chi connectivity index (χ1n) is 7.00. The molecule has 1 aromatic carbocycles. The summed E-state index contributed by atoms with van der Waals surface area (Å²) in [6.07, 6.45) is 3.01. The van der Waals surface area contributed by atoms with E-state index < -0.39 is 0 Å². The molecule has 0 aromatic heterocycles. The zero-order chi connectivity index (χ0) is 14.0. The highest BCUT2D eigenvalue weighted by Gasteiger charge is 2.44. The Morgan fingerprint density at radius 1 is 1.37 bits per heavy atom. The van der Waals surface area contributed by atoms with E-state index in [2.05, 4.69) is 32.0 Å². The van der Waals surface area contributed by atoms with Gasteiger partial charge in [-0.15, -0.1) is 0 Å². The zero-order valence-electron chi connectivity index (χ0n) is 12.2. The molecule has 104 valence electrons. The van der Waals surface area contributed by atoms with Crippen LogP contribution in [0.2, 0.25) is 0 Å². The lowest BCUT2D eigenvalue weighted by atomic mass is 9.68. The summed E-state index contributed by atoms with van der Waals surface area (Å²) in [5, 5.41) is 0. The van der Waals surface area contributed by atoms with Crippen molar-refractivity contribution in [2.24, 2.45) is 11.1 Å². The van der Waals surface area contributed by atoms with Crippen LogP contribution in [0.3, 0.4) is 0 Å². The number of aryl methyl sites for hydroxylation is 2. The molecule has 0 heterocycles. The average Bonchev–Trinajstić information content (AvgIpc) is 2.33. The van der Waals surface area contributed by atoms with Crippen LogP contribution in [0.1, 0.15) is 36.0 Å². The van der Waals surface area contributed by atoms with E-state index in [-0.39, 0.29) is 11.3 Å². The van der Waals surface area contributed by atoms with E-state index in [9.17, 15) is 4.79 Å². The van der Waals surface area contributed by atoms with Gasteiger partial charge in [0.25, 0.3) is 0 Å². The smallest absolute Gasteiger partial charge is 0.230 e. The van der Waals surface area contributed by atoms with E-state index in [1.54, 1.807) is 0 Å². The summed E-state index contributed by atoms with van der Waals surface area (Å²) < 4.78 is 0. The van der Waals surface area contributed by atoms with Crippen LogP contribution in [0.15, 0.2) is 18.2 Å². The summed E-state index contributed by atoms with van der Waals surface area (Å²) in [7, 11) is 1.89. The van der Waals surface area contributed by atoms with E-state index in [0.29, 0.717) is 13.1 Å². The van der Waals surface area contributed by atoms with Crippen LogP contribution in [-0.4, -0.2) is 24.4 Å². The molecule has 1 saturated carbocycles. The molecule has 0 spiro atoms. The highest BCUT2D eigenvalue weighted by atomic mass is 16.2. The van der Waals surface area contributed by atoms with Gasteiger partial charge in [-0.2, -0.15) is 0 Å². The Morgan fingerprint density at radius 3 is 2.58 bits per heavy atom. The predicted molar refractivity (Wildman–Crippen MR) is 77.7 cm³/mol. The van der Waals surface area contributed by atoms with Gasteiger partial charge in [-0.25, -0.2) is 0 Å². The lowest BCUT2D eigenvalue weighted by Crippen LogP contribution is -2.50. The van der Waals surface area contributed by atoms with Gasteiger partial charge in [0, 0.05) is 20.1 Å². The minimum absolute atomic E-state index is 0.210. The molecular weight excluding hydrogens is 236 g/mol. The molecule has 2 N–H and O–H groups in total. The van der Waals surface area contributed by atoms with E-state index in [1.165, 1.54) is 16.7 Å². The fourth-order valence-electron chi connectivity index (χ4n) is 2.81. The molecule has 1 amide bonds. The first kappa shape index (κ1) is 14.1. The Balaban J connectivity index is 2.10. The maximum atomic E-state index is 12.5. The summed E-state index contributed by atoms with van der Waals surface area (Å²) in [6, 6.07) is 6.38. The molecule has 0 saturated heterocycles. The van der Waals surface area contributed by atoms with Crippen LogP contribution in [0.4, 0.5) is 0 Å². The van der Waals surface area contributed by atoms with E-state index in [1.807, 2.05) is 11.9 Å². The number of hydrogen-bond donors (Lipinski definition) is 1. The molecule has 0 radical (unpaired) electrons. The highest BCUT2D eigenvalue weighted by Crippen LogP contribution is 2.41. The van der Waals surface area contributed by atoms with Gasteiger partial charge in [0.15, 0.2) is 0 Å². The molecule has 1 fully saturated rings. The number of amides is 1. The second-order valence-corrected chi connectivity index (χ2v) is 5.93. The van der Waals surface area contributed by atoms with Crippen molar-refractivity contribution in [1.82, 2.24) is 4.90 Å². The fraction of sp³-hybridized carbons (Fsp3) is 0.562. The molecule has 0 unspecified atom stereocenters. The Morgan fingerprint density at radius 2 is 2.05 bits per heavy atom. The van der Waals surface area contributed by atoms with Crippen LogP contribution in [0.5, 0.6) is 0 Å². The summed E-state index contributed by atoms with van der Waals surface area (Å²) in [5.41, 5.74) is 9.23. The Kier molecular flexibility index (Phi) is 3.95. The topological polar surface area (TPSA) is 46.3 Å². The zero-order valence-corrected chi connectivity index (χ0v) is 12.2. The monoisotopic (exact) mass is 260 g/mol. The number of nitrogens with zero attached hydrogens (tertiary/aromatic N) is 1. The Hall–Kier alpha value is -1.35. The lowest BCUT2D eigenvalue weighted by molar-refractivity contribution is -0.145. The molecule has 0 atom stereocenters. The van der Waals surface area contributed by atoms with Crippen LogP contribution >= 0.6 is 0 Å². The number of rotatable bonds is 4. The average molecular weight is 260 g/mol. The van der Waals surface area contributed by atoms with Crippen molar-refractivity contribution in [1.29, 1.82) is 0 Å². The van der Waals surface area contributed by atoms with E-state index >= 15 is 0 Å². The highest BCUT2D eigenvalue weighted by molar-refractivity contribution is 5.83. The SMILES string of the molecule is Cc1ccc(C)c(CN(C)C(=O)C2(CN)CCC2)c1. The van der Waals surface area contributed by atoms with Crippen LogP contribution in [-0.2, 0) is 11.3 Å². The molecule has 2 rings (SSSR count). The van der Waals surface area contributed by atoms with Crippen LogP contribution in [0.25, 0.3) is 0 Å². The van der Waals surface area contributed by atoms with Gasteiger partial charge in [0.05, 0.1) is 5.41 Å². The third-order valence-corrected chi connectivity index (χ3v) is 4.41. The first-order chi connectivity index (χ1) is 8.98. The third kappa shape index (κ3) is 2.66. The summed E-state index contributed by atoms with van der Waals surface area (Å²) in [6.45, 7) is 5.32. The van der Waals surface area contributed by atoms with Gasteiger partial charge in [-0.3, -0.25) is 4.79 Å². The quantitative estimate of drug-likeness (QED) is 0.903. The Labute approximate surface area is 115 Å². The molecular formula is C16H24N2O. The molecule has 1 aliphatic rings. The van der Waals surface area contributed by atoms with Crippen LogP contribution < -0.4 is 5.73 Å². The normalized spacial score (nSPS) is 16.8. The van der Waals surface area contributed by atoms with Gasteiger partial charge < -0.3 is 10.6 Å². The maximum Gasteiger partial charge on any atom is 0.230 e. The van der Waals surface area contributed by atoms with Gasteiger partial charge in [0.1, 0.15) is 0 Å². The van der Waals surface area contributed by atoms with Crippen LogP contribution in [0, 0.1) is 19.3 Å². The standard InChI is InChI=1S/C16H24N2O/c1-12-5-6-13(2)14(9-12)10-18(3)15(19)16(11-17)7-4-8-16/h5-6,9H,4,7-8,10-11,17H2,1-3H3. The molecule has 19 heavy (non-hydrogen) atoms. The van der Waals surface area contributed by atoms with Crippen molar-refractivity contribution < 1.29 is 4.79 Å². The summed E-state index contributed by atoms with van der Waals surface area (Å²) in [4.78, 5) is 14.4. The van der Waals surface area contributed by atoms with Gasteiger partial charge >= 0.3 is 0 Å². The second-order valence-electron chi connectivity index (χ2n) is 5.93. The van der Waals surface area contributed by atoms with E-state index in [4.69, 9.17) is 5.73 Å². The first-order valence-corrected chi connectivity index (χ1v) is 7.00. The number of benzene rings is 1. The largest absolute Gasteiger partial charge is 0.341 e. The number of carbonyl (C=O) groups is 1. The third-order valence-electron chi connectivity index (χ3n) is 4.41. The Bertz CT molecular complexity index is 472. The second kappa shape index (κ2) is 5.33. The molecule has 1 aromatic rings. The molecule has 0 aliphatic heterocycles.